The van der Waals surface area contributed by atoms with Crippen LogP contribution < -0.4 is 4.90 Å². The van der Waals surface area contributed by atoms with Crippen molar-refractivity contribution in [1.82, 2.24) is 0 Å². The number of aromatic carboxylic acids is 1. The van der Waals surface area contributed by atoms with Crippen LogP contribution in [0.4, 0.5) is 5.69 Å². The lowest BCUT2D eigenvalue weighted by Crippen LogP contribution is -2.42. The molecule has 0 aliphatic carbocycles. The Balaban J connectivity index is 2.88. The maximum absolute atomic E-state index is 11.4. The van der Waals surface area contributed by atoms with Gasteiger partial charge in [0.2, 0.25) is 0 Å². The zero-order valence-electron chi connectivity index (χ0n) is 15.9. The van der Waals surface area contributed by atoms with Crippen molar-refractivity contribution in [3.05, 3.63) is 29.3 Å². The fourth-order valence-electron chi connectivity index (χ4n) is 2.07. The summed E-state index contributed by atoms with van der Waals surface area (Å²) in [4.78, 5) is 13.3. The topological polar surface area (TPSA) is 70.0 Å². The van der Waals surface area contributed by atoms with Crippen molar-refractivity contribution in [3.8, 4) is 0 Å². The van der Waals surface area contributed by atoms with Gasteiger partial charge in [0.25, 0.3) is 0 Å². The lowest BCUT2D eigenvalue weighted by molar-refractivity contribution is 0.0692. The van der Waals surface area contributed by atoms with E-state index in [1.54, 1.807) is 12.1 Å². The molecule has 0 bridgehead atoms. The molecule has 1 unspecified atom stereocenters. The van der Waals surface area contributed by atoms with Crippen molar-refractivity contribution in [2.24, 2.45) is 0 Å². The van der Waals surface area contributed by atoms with E-state index in [-0.39, 0.29) is 23.6 Å². The monoisotopic (exact) mass is 353 g/mol. The highest BCUT2D eigenvalue weighted by molar-refractivity contribution is 6.74. The summed E-state index contributed by atoms with van der Waals surface area (Å²) < 4.78 is 6.04. The van der Waals surface area contributed by atoms with Gasteiger partial charge in [0.1, 0.15) is 0 Å². The van der Waals surface area contributed by atoms with Crippen LogP contribution in [0.5, 0.6) is 0 Å². The molecule has 0 radical (unpaired) electrons. The molecule has 24 heavy (non-hydrogen) atoms. The second-order valence-corrected chi connectivity index (χ2v) is 12.8. The molecule has 0 heterocycles. The molecule has 2 N–H and O–H groups in total. The molecule has 0 fully saturated rings. The minimum atomic E-state index is -1.93. The fourth-order valence-corrected chi connectivity index (χ4v) is 3.11. The highest BCUT2D eigenvalue weighted by Crippen LogP contribution is 2.36. The average Bonchev–Trinajstić information content (AvgIpc) is 2.43. The van der Waals surface area contributed by atoms with Gasteiger partial charge in [-0.3, -0.25) is 0 Å². The van der Waals surface area contributed by atoms with Gasteiger partial charge in [0.15, 0.2) is 8.32 Å². The molecule has 1 rings (SSSR count). The number of hydrogen-bond acceptors (Lipinski definition) is 4. The first-order valence-electron chi connectivity index (χ1n) is 8.20. The minimum absolute atomic E-state index is 0.0732. The number of benzene rings is 1. The third-order valence-corrected chi connectivity index (χ3v) is 9.23. The lowest BCUT2D eigenvalue weighted by atomic mass is 10.0. The quantitative estimate of drug-likeness (QED) is 0.736. The summed E-state index contributed by atoms with van der Waals surface area (Å²) in [7, 11) is 1.87. The molecule has 0 saturated heterocycles. The van der Waals surface area contributed by atoms with Gasteiger partial charge in [0, 0.05) is 26.2 Å². The lowest BCUT2D eigenvalue weighted by Gasteiger charge is -2.36. The molecular formula is C18H31NO4Si. The van der Waals surface area contributed by atoms with Gasteiger partial charge in [0.05, 0.1) is 18.3 Å². The van der Waals surface area contributed by atoms with Gasteiger partial charge in [-0.25, -0.2) is 4.79 Å². The van der Waals surface area contributed by atoms with Crippen molar-refractivity contribution >= 4 is 20.0 Å². The van der Waals surface area contributed by atoms with Crippen molar-refractivity contribution in [1.29, 1.82) is 0 Å². The van der Waals surface area contributed by atoms with Crippen LogP contribution >= 0.6 is 0 Å². The Morgan fingerprint density at radius 3 is 2.33 bits per heavy atom. The summed E-state index contributed by atoms with van der Waals surface area (Å²) in [6.07, 6.45) is -0.465. The highest BCUT2D eigenvalue weighted by Gasteiger charge is 2.37. The number of aliphatic hydroxyl groups excluding tert-OH is 1. The number of carbonyl (C=O) groups is 1. The molecule has 0 saturated carbocycles. The molecule has 1 aromatic carbocycles. The molecular weight excluding hydrogens is 322 g/mol. The van der Waals surface area contributed by atoms with E-state index in [1.165, 1.54) is 0 Å². The van der Waals surface area contributed by atoms with Crippen molar-refractivity contribution in [2.75, 3.05) is 25.6 Å². The SMILES string of the molecule is CN(C)c1ccc(C(=O)O)c(CC(O)CO[Si](C)(C)C(C)(C)C)c1. The zero-order chi connectivity index (χ0) is 18.7. The molecule has 0 spiro atoms. The Kier molecular flexibility index (Phi) is 6.61. The summed E-state index contributed by atoms with van der Waals surface area (Å²) in [5.41, 5.74) is 1.76. The van der Waals surface area contributed by atoms with Crippen molar-refractivity contribution < 1.29 is 19.4 Å². The number of aliphatic hydroxyl groups is 1. The normalized spacial score (nSPS) is 13.7. The Hall–Kier alpha value is -1.37. The first-order valence-corrected chi connectivity index (χ1v) is 11.1. The van der Waals surface area contributed by atoms with Gasteiger partial charge in [-0.1, -0.05) is 20.8 Å². The second kappa shape index (κ2) is 7.67. The van der Waals surface area contributed by atoms with Gasteiger partial charge < -0.3 is 19.5 Å². The number of hydrogen-bond donors (Lipinski definition) is 2. The predicted molar refractivity (Wildman–Crippen MR) is 101 cm³/mol. The maximum Gasteiger partial charge on any atom is 0.335 e. The Bertz CT molecular complexity index is 579. The molecule has 136 valence electrons. The summed E-state index contributed by atoms with van der Waals surface area (Å²) in [5.74, 6) is -0.979. The Morgan fingerprint density at radius 1 is 1.29 bits per heavy atom. The van der Waals surface area contributed by atoms with Crippen molar-refractivity contribution in [3.63, 3.8) is 0 Å². The van der Waals surface area contributed by atoms with Crippen molar-refractivity contribution in [2.45, 2.75) is 51.4 Å². The van der Waals surface area contributed by atoms with Crippen LogP contribution in [0, 0.1) is 0 Å². The van der Waals surface area contributed by atoms with Crippen LogP contribution in [0.3, 0.4) is 0 Å². The number of rotatable bonds is 7. The molecule has 5 nitrogen and oxygen atoms in total. The number of nitrogens with zero attached hydrogens (tertiary/aromatic N) is 1. The molecule has 0 aliphatic heterocycles. The minimum Gasteiger partial charge on any atom is -0.478 e. The summed E-state index contributed by atoms with van der Waals surface area (Å²) >= 11 is 0. The third kappa shape index (κ3) is 5.33. The van der Waals surface area contributed by atoms with E-state index in [0.29, 0.717) is 5.56 Å². The van der Waals surface area contributed by atoms with E-state index >= 15 is 0 Å². The first kappa shape index (κ1) is 20.7. The number of carboxylic acids is 1. The van der Waals surface area contributed by atoms with Crippen LogP contribution in [0.1, 0.15) is 36.7 Å². The second-order valence-electron chi connectivity index (χ2n) is 7.97. The third-order valence-electron chi connectivity index (χ3n) is 4.73. The molecule has 1 aromatic rings. The van der Waals surface area contributed by atoms with Gasteiger partial charge in [-0.2, -0.15) is 0 Å². The highest BCUT2D eigenvalue weighted by atomic mass is 28.4. The van der Waals surface area contributed by atoms with Crippen LogP contribution in [0.2, 0.25) is 18.1 Å². The van der Waals surface area contributed by atoms with E-state index in [0.717, 1.165) is 5.69 Å². The van der Waals surface area contributed by atoms with E-state index < -0.39 is 20.4 Å². The molecule has 6 heteroatoms. The van der Waals surface area contributed by atoms with E-state index in [2.05, 4.69) is 33.9 Å². The van der Waals surface area contributed by atoms with E-state index in [1.807, 2.05) is 25.1 Å². The predicted octanol–water partition coefficient (Wildman–Crippen LogP) is 3.38. The van der Waals surface area contributed by atoms with E-state index in [4.69, 9.17) is 4.43 Å². The fraction of sp³-hybridized carbons (Fsp3) is 0.611. The Morgan fingerprint density at radius 2 is 1.88 bits per heavy atom. The molecule has 1 atom stereocenters. The van der Waals surface area contributed by atoms with Gasteiger partial charge >= 0.3 is 5.97 Å². The summed E-state index contributed by atoms with van der Waals surface area (Å²) in [6.45, 7) is 10.9. The van der Waals surface area contributed by atoms with Crippen LogP contribution in [-0.4, -0.2) is 51.3 Å². The Labute approximate surface area is 146 Å². The molecule has 0 aliphatic rings. The van der Waals surface area contributed by atoms with Gasteiger partial charge in [-0.05, 0) is 41.9 Å². The summed E-state index contributed by atoms with van der Waals surface area (Å²) in [5, 5.41) is 19.8. The van der Waals surface area contributed by atoms with Crippen LogP contribution in [0.25, 0.3) is 0 Å². The number of anilines is 1. The first-order chi connectivity index (χ1) is 10.8. The van der Waals surface area contributed by atoms with Crippen LogP contribution in [0.15, 0.2) is 18.2 Å². The summed E-state index contributed by atoms with van der Waals surface area (Å²) in [6, 6.07) is 5.18. The average molecular weight is 354 g/mol. The van der Waals surface area contributed by atoms with Gasteiger partial charge in [-0.15, -0.1) is 0 Å². The standard InChI is InChI=1S/C18H31NO4Si/c1-18(2,3)24(6,7)23-12-15(20)11-13-10-14(19(4)5)8-9-16(13)17(21)22/h8-10,15,20H,11-12H2,1-7H3,(H,21,22). The largest absolute Gasteiger partial charge is 0.478 e. The smallest absolute Gasteiger partial charge is 0.335 e. The van der Waals surface area contributed by atoms with Crippen LogP contribution in [-0.2, 0) is 10.8 Å². The van der Waals surface area contributed by atoms with E-state index in [9.17, 15) is 15.0 Å². The zero-order valence-corrected chi connectivity index (χ0v) is 16.9. The molecule has 0 aromatic heterocycles. The maximum atomic E-state index is 11.4. The number of carboxylic acid groups (broad SMARTS) is 1. The molecule has 0 amide bonds.